The van der Waals surface area contributed by atoms with Gasteiger partial charge in [-0.2, -0.15) is 0 Å². The minimum absolute atomic E-state index is 0.107. The van der Waals surface area contributed by atoms with Crippen molar-refractivity contribution in [2.45, 2.75) is 25.2 Å². The number of nitrogens with two attached hydrogens (primary N) is 1. The van der Waals surface area contributed by atoms with Crippen LogP contribution >= 0.6 is 0 Å². The number of nitrogens with one attached hydrogen (secondary N) is 3. The molecule has 2 rings (SSSR count). The van der Waals surface area contributed by atoms with Crippen LogP contribution in [0.25, 0.3) is 0 Å². The second-order valence-corrected chi connectivity index (χ2v) is 8.28. The summed E-state index contributed by atoms with van der Waals surface area (Å²) in [5, 5.41) is 5.30. The van der Waals surface area contributed by atoms with E-state index in [4.69, 9.17) is 5.73 Å². The van der Waals surface area contributed by atoms with Crippen molar-refractivity contribution in [1.82, 2.24) is 10.0 Å². The Morgan fingerprint density at radius 3 is 2.71 bits per heavy atom. The molecule has 24 heavy (non-hydrogen) atoms. The zero-order chi connectivity index (χ0) is 18.0. The molecule has 2 amide bonds. The fourth-order valence-electron chi connectivity index (χ4n) is 2.22. The summed E-state index contributed by atoms with van der Waals surface area (Å²) < 4.78 is 27.4. The Balaban J connectivity index is 2.02. The summed E-state index contributed by atoms with van der Waals surface area (Å²) in [4.78, 5) is 22.7. The van der Waals surface area contributed by atoms with Crippen LogP contribution in [0, 0.1) is 5.41 Å². The van der Waals surface area contributed by atoms with Crippen molar-refractivity contribution in [3.63, 3.8) is 0 Å². The minimum Gasteiger partial charge on any atom is -0.354 e. The highest BCUT2D eigenvalue weighted by molar-refractivity contribution is 7.89. The number of hydrogen-bond acceptors (Lipinski definition) is 5. The van der Waals surface area contributed by atoms with Crippen LogP contribution in [0.2, 0.25) is 0 Å². The van der Waals surface area contributed by atoms with Gasteiger partial charge in [0.25, 0.3) is 0 Å². The van der Waals surface area contributed by atoms with Gasteiger partial charge in [-0.1, -0.05) is 13.8 Å². The van der Waals surface area contributed by atoms with E-state index in [1.807, 2.05) is 13.8 Å². The van der Waals surface area contributed by atoms with Crippen LogP contribution in [0.3, 0.4) is 0 Å². The van der Waals surface area contributed by atoms with E-state index in [1.54, 1.807) is 6.07 Å². The SMILES string of the molecule is CC(C)(CNC(=O)CN)CNS(=O)(=O)c1ccc2c(c1)CC(=O)N2. The van der Waals surface area contributed by atoms with Crippen molar-refractivity contribution in [2.24, 2.45) is 11.1 Å². The summed E-state index contributed by atoms with van der Waals surface area (Å²) in [6, 6.07) is 4.54. The van der Waals surface area contributed by atoms with E-state index in [2.05, 4.69) is 15.4 Å². The lowest BCUT2D eigenvalue weighted by atomic mass is 9.94. The van der Waals surface area contributed by atoms with Gasteiger partial charge in [0.05, 0.1) is 17.9 Å². The normalized spacial score (nSPS) is 14.2. The first-order valence-corrected chi connectivity index (χ1v) is 9.00. The Morgan fingerprint density at radius 1 is 1.33 bits per heavy atom. The smallest absolute Gasteiger partial charge is 0.240 e. The zero-order valence-electron chi connectivity index (χ0n) is 13.7. The third-order valence-corrected chi connectivity index (χ3v) is 5.10. The van der Waals surface area contributed by atoms with Crippen LogP contribution < -0.4 is 21.1 Å². The van der Waals surface area contributed by atoms with Gasteiger partial charge in [-0.25, -0.2) is 13.1 Å². The molecule has 1 heterocycles. The Kier molecular flexibility index (Phi) is 5.26. The molecule has 0 bridgehead atoms. The second kappa shape index (κ2) is 6.88. The number of carbonyl (C=O) groups excluding carboxylic acids is 2. The molecule has 5 N–H and O–H groups in total. The predicted octanol–water partition coefficient (Wildman–Crippen LogP) is -0.439. The van der Waals surface area contributed by atoms with E-state index < -0.39 is 15.4 Å². The van der Waals surface area contributed by atoms with Gasteiger partial charge < -0.3 is 16.4 Å². The number of amides is 2. The zero-order valence-corrected chi connectivity index (χ0v) is 14.5. The lowest BCUT2D eigenvalue weighted by Gasteiger charge is -2.25. The van der Waals surface area contributed by atoms with E-state index in [0.29, 0.717) is 17.8 Å². The molecule has 0 saturated carbocycles. The molecule has 1 aliphatic rings. The molecule has 1 aromatic carbocycles. The third kappa shape index (κ3) is 4.53. The maximum Gasteiger partial charge on any atom is 0.240 e. The monoisotopic (exact) mass is 354 g/mol. The van der Waals surface area contributed by atoms with Crippen molar-refractivity contribution >= 4 is 27.5 Å². The van der Waals surface area contributed by atoms with Gasteiger partial charge >= 0.3 is 0 Å². The summed E-state index contributed by atoms with van der Waals surface area (Å²) in [6.45, 7) is 4.00. The molecule has 8 nitrogen and oxygen atoms in total. The molecule has 0 atom stereocenters. The van der Waals surface area contributed by atoms with E-state index in [-0.39, 0.29) is 36.2 Å². The number of carbonyl (C=O) groups is 2. The molecule has 1 aliphatic heterocycles. The molecule has 0 aliphatic carbocycles. The quantitative estimate of drug-likeness (QED) is 0.527. The lowest BCUT2D eigenvalue weighted by Crippen LogP contribution is -2.43. The molecule has 0 unspecified atom stereocenters. The van der Waals surface area contributed by atoms with E-state index >= 15 is 0 Å². The largest absolute Gasteiger partial charge is 0.354 e. The second-order valence-electron chi connectivity index (χ2n) is 6.51. The number of benzene rings is 1. The number of anilines is 1. The van der Waals surface area contributed by atoms with Crippen molar-refractivity contribution in [3.8, 4) is 0 Å². The highest BCUT2D eigenvalue weighted by atomic mass is 32.2. The van der Waals surface area contributed by atoms with Crippen LogP contribution in [-0.2, 0) is 26.0 Å². The van der Waals surface area contributed by atoms with Gasteiger partial charge in [0.2, 0.25) is 21.8 Å². The molecule has 0 aromatic heterocycles. The summed E-state index contributed by atoms with van der Waals surface area (Å²) in [5.74, 6) is -0.439. The van der Waals surface area contributed by atoms with Crippen LogP contribution in [-0.4, -0.2) is 39.9 Å². The molecule has 9 heteroatoms. The van der Waals surface area contributed by atoms with Crippen LogP contribution in [0.5, 0.6) is 0 Å². The van der Waals surface area contributed by atoms with E-state index in [1.165, 1.54) is 12.1 Å². The lowest BCUT2D eigenvalue weighted by molar-refractivity contribution is -0.120. The third-order valence-electron chi connectivity index (χ3n) is 3.70. The van der Waals surface area contributed by atoms with Crippen LogP contribution in [0.1, 0.15) is 19.4 Å². The first-order valence-electron chi connectivity index (χ1n) is 7.52. The molecular weight excluding hydrogens is 332 g/mol. The molecule has 0 saturated heterocycles. The minimum atomic E-state index is -3.70. The number of hydrogen-bond donors (Lipinski definition) is 4. The standard InChI is InChI=1S/C15H22N4O4S/c1-15(2,8-17-14(21)7-16)9-18-24(22,23)11-3-4-12-10(5-11)6-13(20)19-12/h3-5,18H,6-9,16H2,1-2H3,(H,17,21)(H,19,20). The molecule has 0 radical (unpaired) electrons. The molecular formula is C15H22N4O4S. The molecule has 0 spiro atoms. The highest BCUT2D eigenvalue weighted by Gasteiger charge is 2.25. The molecule has 1 aromatic rings. The Hall–Kier alpha value is -1.97. The Morgan fingerprint density at radius 2 is 2.04 bits per heavy atom. The van der Waals surface area contributed by atoms with Crippen LogP contribution in [0.15, 0.2) is 23.1 Å². The van der Waals surface area contributed by atoms with E-state index in [0.717, 1.165) is 0 Å². The fraction of sp³-hybridized carbons (Fsp3) is 0.467. The van der Waals surface area contributed by atoms with Gasteiger partial charge in [0.1, 0.15) is 0 Å². The van der Waals surface area contributed by atoms with Gasteiger partial charge in [0.15, 0.2) is 0 Å². The van der Waals surface area contributed by atoms with Gasteiger partial charge in [-0.3, -0.25) is 9.59 Å². The number of rotatable bonds is 7. The summed E-state index contributed by atoms with van der Waals surface area (Å²) in [5.41, 5.74) is 6.05. The van der Waals surface area contributed by atoms with E-state index in [9.17, 15) is 18.0 Å². The van der Waals surface area contributed by atoms with Gasteiger partial charge in [0, 0.05) is 18.8 Å². The van der Waals surface area contributed by atoms with Crippen molar-refractivity contribution < 1.29 is 18.0 Å². The average molecular weight is 354 g/mol. The summed E-state index contributed by atoms with van der Waals surface area (Å²) >= 11 is 0. The summed E-state index contributed by atoms with van der Waals surface area (Å²) in [7, 11) is -3.70. The molecule has 132 valence electrons. The Labute approximate surface area is 141 Å². The van der Waals surface area contributed by atoms with Gasteiger partial charge in [-0.05, 0) is 29.2 Å². The topological polar surface area (TPSA) is 130 Å². The predicted molar refractivity (Wildman–Crippen MR) is 89.8 cm³/mol. The first kappa shape index (κ1) is 18.4. The maximum atomic E-state index is 12.4. The van der Waals surface area contributed by atoms with Crippen molar-refractivity contribution in [1.29, 1.82) is 0 Å². The maximum absolute atomic E-state index is 12.4. The number of fused-ring (bicyclic) bond motifs is 1. The van der Waals surface area contributed by atoms with Crippen molar-refractivity contribution in [3.05, 3.63) is 23.8 Å². The Bertz CT molecular complexity index is 759. The average Bonchev–Trinajstić information content (AvgIpc) is 2.90. The first-order chi connectivity index (χ1) is 11.1. The van der Waals surface area contributed by atoms with Crippen molar-refractivity contribution in [2.75, 3.05) is 25.0 Å². The van der Waals surface area contributed by atoms with Crippen LogP contribution in [0.4, 0.5) is 5.69 Å². The highest BCUT2D eigenvalue weighted by Crippen LogP contribution is 2.26. The number of sulfonamides is 1. The van der Waals surface area contributed by atoms with Gasteiger partial charge in [-0.15, -0.1) is 0 Å². The molecule has 0 fully saturated rings. The summed E-state index contributed by atoms with van der Waals surface area (Å²) in [6.07, 6.45) is 0.176. The fourth-order valence-corrected chi connectivity index (χ4v) is 3.51.